The molecule has 0 amide bonds. The Bertz CT molecular complexity index is 738. The van der Waals surface area contributed by atoms with Crippen LogP contribution in [0, 0.1) is 0 Å². The Balaban J connectivity index is 1.93. The maximum Gasteiger partial charge on any atom is 0.207 e. The van der Waals surface area contributed by atoms with Crippen molar-refractivity contribution in [1.82, 2.24) is 14.5 Å². The van der Waals surface area contributed by atoms with Crippen LogP contribution in [0.5, 0.6) is 0 Å². The molecule has 1 N–H and O–H groups in total. The minimum atomic E-state index is 0.193. The normalized spacial score (nSPS) is 12.5. The van der Waals surface area contributed by atoms with Gasteiger partial charge in [-0.05, 0) is 31.2 Å². The zero-order valence-corrected chi connectivity index (χ0v) is 12.2. The quantitative estimate of drug-likeness (QED) is 0.782. The van der Waals surface area contributed by atoms with E-state index < -0.39 is 0 Å². The number of hydrogen-bond acceptors (Lipinski definition) is 4. The first kappa shape index (κ1) is 13.6. The van der Waals surface area contributed by atoms with Crippen molar-refractivity contribution in [2.75, 3.05) is 19.0 Å². The Hall–Kier alpha value is -2.40. The van der Waals surface area contributed by atoms with Crippen LogP contribution >= 0.6 is 0 Å². The van der Waals surface area contributed by atoms with Crippen LogP contribution in [-0.2, 0) is 4.74 Å². The second kappa shape index (κ2) is 5.93. The van der Waals surface area contributed by atoms with E-state index in [9.17, 15) is 0 Å². The highest BCUT2D eigenvalue weighted by Crippen LogP contribution is 2.20. The third-order valence-corrected chi connectivity index (χ3v) is 3.30. The number of anilines is 1. The number of ether oxygens (including phenoxy) is 1. The Morgan fingerprint density at radius 2 is 2.14 bits per heavy atom. The highest BCUT2D eigenvalue weighted by atomic mass is 16.5. The van der Waals surface area contributed by atoms with Gasteiger partial charge in [0.1, 0.15) is 0 Å². The maximum absolute atomic E-state index is 5.15. The number of imidazole rings is 1. The molecule has 0 spiro atoms. The van der Waals surface area contributed by atoms with Crippen molar-refractivity contribution in [1.29, 1.82) is 0 Å². The number of hydrogen-bond donors (Lipinski definition) is 1. The Morgan fingerprint density at radius 3 is 3.00 bits per heavy atom. The molecule has 2 aromatic heterocycles. The van der Waals surface area contributed by atoms with Gasteiger partial charge >= 0.3 is 0 Å². The van der Waals surface area contributed by atoms with Crippen LogP contribution in [-0.4, -0.2) is 34.3 Å². The molecule has 1 aromatic carbocycles. The van der Waals surface area contributed by atoms with Crippen LogP contribution in [0.15, 0.2) is 48.9 Å². The van der Waals surface area contributed by atoms with Crippen LogP contribution in [0.4, 0.5) is 5.95 Å². The molecule has 0 fully saturated rings. The summed E-state index contributed by atoms with van der Waals surface area (Å²) in [4.78, 5) is 8.72. The monoisotopic (exact) mass is 282 g/mol. The molecule has 0 bridgehead atoms. The lowest BCUT2D eigenvalue weighted by Gasteiger charge is -2.15. The van der Waals surface area contributed by atoms with E-state index >= 15 is 0 Å². The summed E-state index contributed by atoms with van der Waals surface area (Å²) in [6, 6.07) is 10.4. The van der Waals surface area contributed by atoms with Crippen molar-refractivity contribution in [2.24, 2.45) is 0 Å². The molecule has 21 heavy (non-hydrogen) atoms. The number of nitrogens with zero attached hydrogens (tertiary/aromatic N) is 3. The molecule has 0 aliphatic carbocycles. The zero-order valence-electron chi connectivity index (χ0n) is 12.2. The standard InChI is InChI=1S/C16H18N4O/c1-12(11-21-2)19-16-18-8-9-20(16)14-5-6-15-13(10-14)4-3-7-17-15/h3-10,12H,11H2,1-2H3,(H,18,19). The first-order valence-electron chi connectivity index (χ1n) is 6.92. The lowest BCUT2D eigenvalue weighted by molar-refractivity contribution is 0.190. The molecule has 0 saturated carbocycles. The Morgan fingerprint density at radius 1 is 1.24 bits per heavy atom. The molecule has 0 radical (unpaired) electrons. The maximum atomic E-state index is 5.15. The summed E-state index contributed by atoms with van der Waals surface area (Å²) in [6.07, 6.45) is 5.54. The number of methoxy groups -OCH3 is 1. The third-order valence-electron chi connectivity index (χ3n) is 3.30. The summed E-state index contributed by atoms with van der Waals surface area (Å²) >= 11 is 0. The van der Waals surface area contributed by atoms with Gasteiger partial charge in [0.25, 0.3) is 0 Å². The second-order valence-corrected chi connectivity index (χ2v) is 5.00. The van der Waals surface area contributed by atoms with E-state index in [2.05, 4.69) is 34.3 Å². The van der Waals surface area contributed by atoms with E-state index in [1.165, 1.54) is 0 Å². The molecule has 3 aromatic rings. The van der Waals surface area contributed by atoms with Gasteiger partial charge in [-0.3, -0.25) is 9.55 Å². The topological polar surface area (TPSA) is 52.0 Å². The van der Waals surface area contributed by atoms with Gasteiger partial charge in [-0.2, -0.15) is 0 Å². The summed E-state index contributed by atoms with van der Waals surface area (Å²) in [6.45, 7) is 2.70. The minimum Gasteiger partial charge on any atom is -0.383 e. The van der Waals surface area contributed by atoms with Crippen molar-refractivity contribution in [3.63, 3.8) is 0 Å². The van der Waals surface area contributed by atoms with Crippen LogP contribution in [0.25, 0.3) is 16.6 Å². The van der Waals surface area contributed by atoms with Crippen molar-refractivity contribution in [3.05, 3.63) is 48.9 Å². The van der Waals surface area contributed by atoms with Crippen LogP contribution < -0.4 is 5.32 Å². The zero-order chi connectivity index (χ0) is 14.7. The molecule has 5 heteroatoms. The number of fused-ring (bicyclic) bond motifs is 1. The summed E-state index contributed by atoms with van der Waals surface area (Å²) < 4.78 is 7.17. The summed E-state index contributed by atoms with van der Waals surface area (Å²) in [5.74, 6) is 0.808. The Kier molecular flexibility index (Phi) is 3.83. The first-order chi connectivity index (χ1) is 10.3. The fourth-order valence-electron chi connectivity index (χ4n) is 2.34. The summed E-state index contributed by atoms with van der Waals surface area (Å²) in [7, 11) is 1.70. The van der Waals surface area contributed by atoms with Gasteiger partial charge in [0.05, 0.1) is 12.1 Å². The average molecular weight is 282 g/mol. The molecule has 108 valence electrons. The molecule has 1 atom stereocenters. The van der Waals surface area contributed by atoms with Crippen molar-refractivity contribution < 1.29 is 4.74 Å². The SMILES string of the molecule is COCC(C)Nc1nccn1-c1ccc2ncccc2c1. The molecule has 2 heterocycles. The Labute approximate surface area is 123 Å². The number of aromatic nitrogens is 3. The lowest BCUT2D eigenvalue weighted by Crippen LogP contribution is -2.22. The lowest BCUT2D eigenvalue weighted by atomic mass is 10.2. The third kappa shape index (κ3) is 2.87. The van der Waals surface area contributed by atoms with E-state index in [-0.39, 0.29) is 6.04 Å². The summed E-state index contributed by atoms with van der Waals surface area (Å²) in [5.41, 5.74) is 2.05. The van der Waals surface area contributed by atoms with E-state index in [4.69, 9.17) is 4.74 Å². The molecular weight excluding hydrogens is 264 g/mol. The molecule has 1 unspecified atom stereocenters. The number of rotatable bonds is 5. The molecule has 5 nitrogen and oxygen atoms in total. The average Bonchev–Trinajstić information content (AvgIpc) is 2.95. The summed E-state index contributed by atoms with van der Waals surface area (Å²) in [5, 5.41) is 4.46. The van der Waals surface area contributed by atoms with E-state index in [0.717, 1.165) is 22.5 Å². The highest BCUT2D eigenvalue weighted by Gasteiger charge is 2.09. The smallest absolute Gasteiger partial charge is 0.207 e. The fourth-order valence-corrected chi connectivity index (χ4v) is 2.34. The van der Waals surface area contributed by atoms with E-state index in [1.54, 1.807) is 19.5 Å². The largest absolute Gasteiger partial charge is 0.383 e. The minimum absolute atomic E-state index is 0.193. The molecule has 0 saturated heterocycles. The van der Waals surface area contributed by atoms with Crippen molar-refractivity contribution in [3.8, 4) is 5.69 Å². The van der Waals surface area contributed by atoms with Crippen LogP contribution in [0.2, 0.25) is 0 Å². The predicted molar refractivity (Wildman–Crippen MR) is 83.8 cm³/mol. The predicted octanol–water partition coefficient (Wildman–Crippen LogP) is 2.87. The molecule has 3 rings (SSSR count). The highest BCUT2D eigenvalue weighted by molar-refractivity contribution is 5.80. The molecular formula is C16H18N4O. The van der Waals surface area contributed by atoms with Gasteiger partial charge in [0.2, 0.25) is 5.95 Å². The number of pyridine rings is 1. The van der Waals surface area contributed by atoms with E-state index in [0.29, 0.717) is 6.61 Å². The van der Waals surface area contributed by atoms with E-state index in [1.807, 2.05) is 29.0 Å². The van der Waals surface area contributed by atoms with Gasteiger partial charge < -0.3 is 10.1 Å². The van der Waals surface area contributed by atoms with Crippen molar-refractivity contribution >= 4 is 16.9 Å². The molecule has 0 aliphatic rings. The van der Waals surface area contributed by atoms with Gasteiger partial charge in [-0.25, -0.2) is 4.98 Å². The van der Waals surface area contributed by atoms with Gasteiger partial charge in [0.15, 0.2) is 0 Å². The fraction of sp³-hybridized carbons (Fsp3) is 0.250. The molecule has 0 aliphatic heterocycles. The second-order valence-electron chi connectivity index (χ2n) is 5.00. The van der Waals surface area contributed by atoms with Crippen LogP contribution in [0.1, 0.15) is 6.92 Å². The van der Waals surface area contributed by atoms with Crippen molar-refractivity contribution in [2.45, 2.75) is 13.0 Å². The van der Waals surface area contributed by atoms with Gasteiger partial charge in [-0.15, -0.1) is 0 Å². The number of benzene rings is 1. The van der Waals surface area contributed by atoms with Crippen LogP contribution in [0.3, 0.4) is 0 Å². The van der Waals surface area contributed by atoms with Gasteiger partial charge in [0, 0.05) is 42.8 Å². The van der Waals surface area contributed by atoms with Gasteiger partial charge in [-0.1, -0.05) is 6.07 Å². The first-order valence-corrected chi connectivity index (χ1v) is 6.92. The number of nitrogens with one attached hydrogen (secondary N) is 1.